The Hall–Kier alpha value is -3.02. The lowest BCUT2D eigenvalue weighted by Crippen LogP contribution is -2.35. The predicted octanol–water partition coefficient (Wildman–Crippen LogP) is 3.32. The van der Waals surface area contributed by atoms with Gasteiger partial charge in [0.1, 0.15) is 17.1 Å². The average Bonchev–Trinajstić information content (AvgIpc) is 2.61. The third-order valence-corrected chi connectivity index (χ3v) is 4.04. The van der Waals surface area contributed by atoms with Gasteiger partial charge in [-0.3, -0.25) is 4.79 Å². The maximum Gasteiger partial charge on any atom is 0.339 e. The summed E-state index contributed by atoms with van der Waals surface area (Å²) in [6.07, 6.45) is 0. The van der Waals surface area contributed by atoms with E-state index in [0.29, 0.717) is 11.4 Å². The molecule has 0 spiro atoms. The fraction of sp³-hybridized carbons (Fsp3) is 0.263. The number of ether oxygens (including phenoxy) is 2. The lowest BCUT2D eigenvalue weighted by molar-refractivity contribution is -0.120. The Morgan fingerprint density at radius 3 is 2.24 bits per heavy atom. The van der Waals surface area contributed by atoms with Gasteiger partial charge < -0.3 is 19.9 Å². The van der Waals surface area contributed by atoms with E-state index in [4.69, 9.17) is 14.6 Å². The average molecular weight is 343 g/mol. The van der Waals surface area contributed by atoms with Gasteiger partial charge in [0.25, 0.3) is 0 Å². The van der Waals surface area contributed by atoms with Gasteiger partial charge in [-0.2, -0.15) is 0 Å². The van der Waals surface area contributed by atoms with Crippen LogP contribution in [0.5, 0.6) is 11.5 Å². The molecule has 25 heavy (non-hydrogen) atoms. The Kier molecular flexibility index (Phi) is 5.32. The van der Waals surface area contributed by atoms with E-state index in [0.717, 1.165) is 5.56 Å². The van der Waals surface area contributed by atoms with Crippen molar-refractivity contribution in [2.45, 2.75) is 19.3 Å². The molecule has 0 aromatic heterocycles. The SMILES string of the molecule is COc1cc(NC(=O)C(C)(C)c2ccccc2OC)ccc1C(=O)O. The van der Waals surface area contributed by atoms with Crippen LogP contribution in [0.3, 0.4) is 0 Å². The summed E-state index contributed by atoms with van der Waals surface area (Å²) in [6, 6.07) is 11.7. The molecule has 0 saturated carbocycles. The van der Waals surface area contributed by atoms with Crippen molar-refractivity contribution >= 4 is 17.6 Å². The van der Waals surface area contributed by atoms with Crippen molar-refractivity contribution in [2.24, 2.45) is 0 Å². The zero-order valence-corrected chi connectivity index (χ0v) is 14.6. The summed E-state index contributed by atoms with van der Waals surface area (Å²) in [5, 5.41) is 11.9. The van der Waals surface area contributed by atoms with Gasteiger partial charge in [0, 0.05) is 17.3 Å². The van der Waals surface area contributed by atoms with E-state index < -0.39 is 11.4 Å². The molecule has 6 heteroatoms. The molecule has 0 bridgehead atoms. The van der Waals surface area contributed by atoms with E-state index in [9.17, 15) is 9.59 Å². The smallest absolute Gasteiger partial charge is 0.339 e. The highest BCUT2D eigenvalue weighted by atomic mass is 16.5. The summed E-state index contributed by atoms with van der Waals surface area (Å²) < 4.78 is 10.4. The Labute approximate surface area is 146 Å². The minimum absolute atomic E-state index is 0.0319. The number of para-hydroxylation sites is 1. The number of carboxylic acid groups (broad SMARTS) is 1. The number of rotatable bonds is 6. The number of carbonyl (C=O) groups is 2. The van der Waals surface area contributed by atoms with Gasteiger partial charge in [-0.25, -0.2) is 4.79 Å². The fourth-order valence-corrected chi connectivity index (χ4v) is 2.52. The van der Waals surface area contributed by atoms with Gasteiger partial charge >= 0.3 is 5.97 Å². The highest BCUT2D eigenvalue weighted by Crippen LogP contribution is 2.33. The molecule has 0 radical (unpaired) electrons. The maximum atomic E-state index is 12.8. The fourth-order valence-electron chi connectivity index (χ4n) is 2.52. The summed E-state index contributed by atoms with van der Waals surface area (Å²) in [5.74, 6) is -0.534. The van der Waals surface area contributed by atoms with Crippen molar-refractivity contribution in [3.63, 3.8) is 0 Å². The van der Waals surface area contributed by atoms with Crippen molar-refractivity contribution < 1.29 is 24.2 Å². The second kappa shape index (κ2) is 7.25. The molecular weight excluding hydrogens is 322 g/mol. The monoisotopic (exact) mass is 343 g/mol. The number of anilines is 1. The van der Waals surface area contributed by atoms with Crippen molar-refractivity contribution in [3.8, 4) is 11.5 Å². The molecule has 1 amide bonds. The Balaban J connectivity index is 2.31. The number of carbonyl (C=O) groups excluding carboxylic acids is 1. The zero-order chi connectivity index (χ0) is 18.6. The van der Waals surface area contributed by atoms with E-state index in [2.05, 4.69) is 5.32 Å². The maximum absolute atomic E-state index is 12.8. The normalized spacial score (nSPS) is 10.9. The van der Waals surface area contributed by atoms with Crippen molar-refractivity contribution in [1.82, 2.24) is 0 Å². The van der Waals surface area contributed by atoms with Gasteiger partial charge in [-0.1, -0.05) is 18.2 Å². The Morgan fingerprint density at radius 2 is 1.64 bits per heavy atom. The topological polar surface area (TPSA) is 84.9 Å². The molecule has 0 heterocycles. The third kappa shape index (κ3) is 3.74. The van der Waals surface area contributed by atoms with Gasteiger partial charge in [0.15, 0.2) is 0 Å². The molecule has 0 atom stereocenters. The van der Waals surface area contributed by atoms with Crippen molar-refractivity contribution in [3.05, 3.63) is 53.6 Å². The number of carboxylic acids is 1. The molecular formula is C19H21NO5. The van der Waals surface area contributed by atoms with Crippen LogP contribution in [0.2, 0.25) is 0 Å². The molecule has 0 unspecified atom stereocenters. The Bertz CT molecular complexity index is 798. The largest absolute Gasteiger partial charge is 0.496 e. The van der Waals surface area contributed by atoms with Gasteiger partial charge in [0.2, 0.25) is 5.91 Å². The van der Waals surface area contributed by atoms with E-state index >= 15 is 0 Å². The number of methoxy groups -OCH3 is 2. The number of amides is 1. The van der Waals surface area contributed by atoms with E-state index in [1.165, 1.54) is 25.3 Å². The standard InChI is InChI=1S/C19H21NO5/c1-19(2,14-7-5-6-8-15(14)24-3)18(23)20-12-9-10-13(17(21)22)16(11-12)25-4/h5-11H,1-4H3,(H,20,23)(H,21,22). The molecule has 132 valence electrons. The number of hydrogen-bond donors (Lipinski definition) is 2. The van der Waals surface area contributed by atoms with Crippen LogP contribution in [0.1, 0.15) is 29.8 Å². The highest BCUT2D eigenvalue weighted by Gasteiger charge is 2.32. The van der Waals surface area contributed by atoms with Gasteiger partial charge in [-0.15, -0.1) is 0 Å². The molecule has 2 aromatic carbocycles. The summed E-state index contributed by atoms with van der Waals surface area (Å²) >= 11 is 0. The predicted molar refractivity (Wildman–Crippen MR) is 94.6 cm³/mol. The highest BCUT2D eigenvalue weighted by molar-refractivity contribution is 6.00. The summed E-state index contributed by atoms with van der Waals surface area (Å²) in [4.78, 5) is 23.9. The quantitative estimate of drug-likeness (QED) is 0.840. The molecule has 0 saturated heterocycles. The minimum atomic E-state index is -1.09. The van der Waals surface area contributed by atoms with Gasteiger partial charge in [0.05, 0.1) is 19.6 Å². The molecule has 6 nitrogen and oxygen atoms in total. The second-order valence-electron chi connectivity index (χ2n) is 6.00. The van der Waals surface area contributed by atoms with Crippen molar-refractivity contribution in [2.75, 3.05) is 19.5 Å². The lowest BCUT2D eigenvalue weighted by Gasteiger charge is -2.26. The molecule has 2 rings (SSSR count). The summed E-state index contributed by atoms with van der Waals surface area (Å²) in [7, 11) is 2.94. The molecule has 2 aromatic rings. The van der Waals surface area contributed by atoms with Crippen LogP contribution in [0.15, 0.2) is 42.5 Å². The number of aromatic carboxylic acids is 1. The van der Waals surface area contributed by atoms with Crippen LogP contribution in [0.4, 0.5) is 5.69 Å². The Morgan fingerprint density at radius 1 is 1.00 bits per heavy atom. The van der Waals surface area contributed by atoms with Crippen LogP contribution in [0, 0.1) is 0 Å². The van der Waals surface area contributed by atoms with Crippen LogP contribution in [-0.4, -0.2) is 31.2 Å². The second-order valence-corrected chi connectivity index (χ2v) is 6.00. The summed E-state index contributed by atoms with van der Waals surface area (Å²) in [6.45, 7) is 3.59. The first-order chi connectivity index (χ1) is 11.8. The number of nitrogens with one attached hydrogen (secondary N) is 1. The molecule has 0 aliphatic heterocycles. The van der Waals surface area contributed by atoms with E-state index in [1.54, 1.807) is 27.0 Å². The number of benzene rings is 2. The van der Waals surface area contributed by atoms with Crippen LogP contribution in [0.25, 0.3) is 0 Å². The first kappa shape index (κ1) is 18.3. The number of hydrogen-bond acceptors (Lipinski definition) is 4. The van der Waals surface area contributed by atoms with Crippen molar-refractivity contribution in [1.29, 1.82) is 0 Å². The third-order valence-electron chi connectivity index (χ3n) is 4.04. The zero-order valence-electron chi connectivity index (χ0n) is 14.6. The molecule has 0 fully saturated rings. The molecule has 2 N–H and O–H groups in total. The first-order valence-corrected chi connectivity index (χ1v) is 7.67. The van der Waals surface area contributed by atoms with E-state index in [-0.39, 0.29) is 17.2 Å². The van der Waals surface area contributed by atoms with Crippen LogP contribution < -0.4 is 14.8 Å². The molecule has 0 aliphatic carbocycles. The lowest BCUT2D eigenvalue weighted by atomic mass is 9.83. The van der Waals surface area contributed by atoms with Gasteiger partial charge in [-0.05, 0) is 32.0 Å². The summed E-state index contributed by atoms with van der Waals surface area (Å²) in [5.41, 5.74) is 0.383. The molecule has 0 aliphatic rings. The van der Waals surface area contributed by atoms with Crippen LogP contribution in [-0.2, 0) is 10.2 Å². The minimum Gasteiger partial charge on any atom is -0.496 e. The van der Waals surface area contributed by atoms with Crippen LogP contribution >= 0.6 is 0 Å². The first-order valence-electron chi connectivity index (χ1n) is 7.67. The van der Waals surface area contributed by atoms with E-state index in [1.807, 2.05) is 18.2 Å².